The molecule has 3 nitrogen and oxygen atoms in total. The Hall–Kier alpha value is -2.39. The van der Waals surface area contributed by atoms with Gasteiger partial charge in [0.1, 0.15) is 0 Å². The Morgan fingerprint density at radius 2 is 1.68 bits per heavy atom. The summed E-state index contributed by atoms with van der Waals surface area (Å²) in [5.74, 6) is 0. The monoisotopic (exact) mass is 292 g/mol. The van der Waals surface area contributed by atoms with Gasteiger partial charge in [-0.1, -0.05) is 36.4 Å². The molecule has 0 bridgehead atoms. The molecule has 0 unspecified atom stereocenters. The molecule has 0 aliphatic carbocycles. The molecule has 112 valence electrons. The summed E-state index contributed by atoms with van der Waals surface area (Å²) in [7, 11) is 0. The summed E-state index contributed by atoms with van der Waals surface area (Å²) in [4.78, 5) is 6.63. The predicted molar refractivity (Wildman–Crippen MR) is 87.2 cm³/mol. The topological polar surface area (TPSA) is 29.3 Å². The van der Waals surface area contributed by atoms with E-state index < -0.39 is 0 Å². The van der Waals surface area contributed by atoms with Gasteiger partial charge in [-0.3, -0.25) is 9.88 Å². The summed E-state index contributed by atoms with van der Waals surface area (Å²) in [5.41, 5.74) is 3.81. The van der Waals surface area contributed by atoms with Gasteiger partial charge in [0.15, 0.2) is 0 Å². The molecule has 0 saturated heterocycles. The second-order valence-corrected chi connectivity index (χ2v) is 5.44. The number of pyridine rings is 1. The lowest BCUT2D eigenvalue weighted by Gasteiger charge is -2.21. The average molecular weight is 292 g/mol. The Bertz CT molecular complexity index is 650. The Morgan fingerprint density at radius 3 is 2.41 bits per heavy atom. The molecule has 22 heavy (non-hydrogen) atoms. The number of aromatic nitrogens is 1. The van der Waals surface area contributed by atoms with Crippen molar-refractivity contribution in [1.82, 2.24) is 9.88 Å². The van der Waals surface area contributed by atoms with E-state index in [4.69, 9.17) is 4.42 Å². The molecule has 0 atom stereocenters. The maximum Gasteiger partial charge on any atom is 0.0947 e. The molecule has 2 heterocycles. The number of rotatable bonds is 7. The van der Waals surface area contributed by atoms with Crippen LogP contribution in [0.15, 0.2) is 77.9 Å². The first-order valence-electron chi connectivity index (χ1n) is 7.56. The van der Waals surface area contributed by atoms with Crippen molar-refractivity contribution in [3.05, 3.63) is 90.1 Å². The highest BCUT2D eigenvalue weighted by Gasteiger charge is 2.08. The summed E-state index contributed by atoms with van der Waals surface area (Å²) >= 11 is 0. The molecule has 0 amide bonds. The van der Waals surface area contributed by atoms with Gasteiger partial charge in [-0.2, -0.15) is 0 Å². The third-order valence-corrected chi connectivity index (χ3v) is 3.67. The standard InChI is InChI=1S/C19H20N2O/c1-2-5-17(6-3-1)8-11-21(15-19-9-12-22-16-19)14-18-7-4-10-20-13-18/h1-7,9-10,12-13,16H,8,11,14-15H2. The van der Waals surface area contributed by atoms with E-state index in [-0.39, 0.29) is 0 Å². The molecule has 0 N–H and O–H groups in total. The van der Waals surface area contributed by atoms with E-state index in [9.17, 15) is 0 Å². The Balaban J connectivity index is 1.65. The fraction of sp³-hybridized carbons (Fsp3) is 0.211. The molecular formula is C19H20N2O. The predicted octanol–water partition coefficient (Wildman–Crippen LogP) is 3.92. The normalized spacial score (nSPS) is 11.0. The van der Waals surface area contributed by atoms with Gasteiger partial charge in [-0.25, -0.2) is 0 Å². The molecule has 1 aromatic carbocycles. The van der Waals surface area contributed by atoms with Crippen LogP contribution in [0.5, 0.6) is 0 Å². The van der Waals surface area contributed by atoms with Crippen LogP contribution < -0.4 is 0 Å². The lowest BCUT2D eigenvalue weighted by Crippen LogP contribution is -2.25. The molecule has 2 aromatic heterocycles. The van der Waals surface area contributed by atoms with Crippen molar-refractivity contribution in [1.29, 1.82) is 0 Å². The number of furan rings is 1. The highest BCUT2D eigenvalue weighted by atomic mass is 16.3. The molecule has 3 aromatic rings. The van der Waals surface area contributed by atoms with E-state index in [1.54, 1.807) is 6.26 Å². The van der Waals surface area contributed by atoms with Crippen LogP contribution >= 0.6 is 0 Å². The van der Waals surface area contributed by atoms with Crippen LogP contribution in [0, 0.1) is 0 Å². The fourth-order valence-electron chi connectivity index (χ4n) is 2.54. The highest BCUT2D eigenvalue weighted by molar-refractivity contribution is 5.15. The van der Waals surface area contributed by atoms with Crippen molar-refractivity contribution in [2.45, 2.75) is 19.5 Å². The lowest BCUT2D eigenvalue weighted by atomic mass is 10.1. The third-order valence-electron chi connectivity index (χ3n) is 3.67. The van der Waals surface area contributed by atoms with Gasteiger partial charge in [0.25, 0.3) is 0 Å². The second kappa shape index (κ2) is 7.57. The molecule has 3 heteroatoms. The Labute approximate surface area is 131 Å². The van der Waals surface area contributed by atoms with Crippen molar-refractivity contribution in [2.75, 3.05) is 6.54 Å². The van der Waals surface area contributed by atoms with E-state index >= 15 is 0 Å². The Morgan fingerprint density at radius 1 is 0.864 bits per heavy atom. The quantitative estimate of drug-likeness (QED) is 0.661. The molecule has 0 spiro atoms. The van der Waals surface area contributed by atoms with E-state index in [1.165, 1.54) is 16.7 Å². The van der Waals surface area contributed by atoms with Gasteiger partial charge in [0, 0.05) is 37.6 Å². The molecule has 0 aliphatic rings. The zero-order chi connectivity index (χ0) is 15.0. The van der Waals surface area contributed by atoms with Gasteiger partial charge in [0.05, 0.1) is 12.5 Å². The summed E-state index contributed by atoms with van der Waals surface area (Å²) in [6.07, 6.45) is 8.34. The molecule has 0 fully saturated rings. The van der Waals surface area contributed by atoms with E-state index in [2.05, 4.69) is 46.3 Å². The van der Waals surface area contributed by atoms with Crippen LogP contribution in [0.3, 0.4) is 0 Å². The first kappa shape index (κ1) is 14.5. The van der Waals surface area contributed by atoms with Crippen LogP contribution in [-0.4, -0.2) is 16.4 Å². The van der Waals surface area contributed by atoms with Crippen LogP contribution in [0.1, 0.15) is 16.7 Å². The smallest absolute Gasteiger partial charge is 0.0947 e. The largest absolute Gasteiger partial charge is 0.472 e. The van der Waals surface area contributed by atoms with E-state index in [1.807, 2.05) is 30.8 Å². The molecule has 0 saturated carbocycles. The first-order chi connectivity index (χ1) is 10.9. The Kier molecular flexibility index (Phi) is 5.00. The minimum Gasteiger partial charge on any atom is -0.472 e. The lowest BCUT2D eigenvalue weighted by molar-refractivity contribution is 0.259. The van der Waals surface area contributed by atoms with Crippen LogP contribution in [0.2, 0.25) is 0 Å². The maximum atomic E-state index is 5.19. The zero-order valence-corrected chi connectivity index (χ0v) is 12.6. The second-order valence-electron chi connectivity index (χ2n) is 5.44. The SMILES string of the molecule is c1ccc(CCN(Cc2cccnc2)Cc2ccoc2)cc1. The molecular weight excluding hydrogens is 272 g/mol. The molecule has 3 rings (SSSR count). The number of hydrogen-bond acceptors (Lipinski definition) is 3. The molecule has 0 radical (unpaired) electrons. The molecule has 0 aliphatic heterocycles. The van der Waals surface area contributed by atoms with Crippen molar-refractivity contribution in [2.24, 2.45) is 0 Å². The third kappa shape index (κ3) is 4.30. The number of nitrogens with zero attached hydrogens (tertiary/aromatic N) is 2. The van der Waals surface area contributed by atoms with Gasteiger partial charge in [-0.05, 0) is 29.7 Å². The summed E-state index contributed by atoms with van der Waals surface area (Å²) in [6.45, 7) is 2.79. The van der Waals surface area contributed by atoms with Crippen molar-refractivity contribution in [3.8, 4) is 0 Å². The van der Waals surface area contributed by atoms with Crippen LogP contribution in [-0.2, 0) is 19.5 Å². The van der Waals surface area contributed by atoms with E-state index in [0.717, 1.165) is 26.1 Å². The van der Waals surface area contributed by atoms with Gasteiger partial charge < -0.3 is 4.42 Å². The zero-order valence-electron chi connectivity index (χ0n) is 12.6. The fourth-order valence-corrected chi connectivity index (χ4v) is 2.54. The number of benzene rings is 1. The van der Waals surface area contributed by atoms with Crippen molar-refractivity contribution < 1.29 is 4.42 Å². The van der Waals surface area contributed by atoms with Gasteiger partial charge in [-0.15, -0.1) is 0 Å². The van der Waals surface area contributed by atoms with Crippen molar-refractivity contribution >= 4 is 0 Å². The number of hydrogen-bond donors (Lipinski definition) is 0. The highest BCUT2D eigenvalue weighted by Crippen LogP contribution is 2.11. The van der Waals surface area contributed by atoms with Gasteiger partial charge >= 0.3 is 0 Å². The maximum absolute atomic E-state index is 5.19. The van der Waals surface area contributed by atoms with Crippen molar-refractivity contribution in [3.63, 3.8) is 0 Å². The first-order valence-corrected chi connectivity index (χ1v) is 7.56. The van der Waals surface area contributed by atoms with Crippen LogP contribution in [0.25, 0.3) is 0 Å². The minimum absolute atomic E-state index is 0.887. The summed E-state index contributed by atoms with van der Waals surface area (Å²) in [6, 6.07) is 16.7. The van der Waals surface area contributed by atoms with Crippen LogP contribution in [0.4, 0.5) is 0 Å². The minimum atomic E-state index is 0.887. The summed E-state index contributed by atoms with van der Waals surface area (Å²) in [5, 5.41) is 0. The van der Waals surface area contributed by atoms with Gasteiger partial charge in [0.2, 0.25) is 0 Å². The van der Waals surface area contributed by atoms with E-state index in [0.29, 0.717) is 0 Å². The average Bonchev–Trinajstić information content (AvgIpc) is 3.08. The summed E-state index contributed by atoms with van der Waals surface area (Å²) < 4.78 is 5.19.